The van der Waals surface area contributed by atoms with E-state index >= 15 is 0 Å². The molecular weight excluding hydrogens is 354 g/mol. The minimum atomic E-state index is -0.738. The van der Waals surface area contributed by atoms with E-state index in [1.807, 2.05) is 18.2 Å². The first kappa shape index (κ1) is 17.6. The fourth-order valence-electron chi connectivity index (χ4n) is 2.24. The van der Waals surface area contributed by atoms with Crippen LogP contribution in [-0.4, -0.2) is 40.1 Å². The van der Waals surface area contributed by atoms with E-state index < -0.39 is 11.9 Å². The van der Waals surface area contributed by atoms with Crippen LogP contribution in [0, 0.1) is 0 Å². The Kier molecular flexibility index (Phi) is 5.28. The largest absolute Gasteiger partial charge is 0.496 e. The Labute approximate surface area is 153 Å². The molecule has 8 nitrogen and oxygen atoms in total. The zero-order valence-corrected chi connectivity index (χ0v) is 15.0. The molecule has 1 aromatic carbocycles. The van der Waals surface area contributed by atoms with Gasteiger partial charge in [0.2, 0.25) is 11.9 Å². The van der Waals surface area contributed by atoms with Crippen molar-refractivity contribution in [1.82, 2.24) is 20.5 Å². The molecule has 3 aromatic rings. The topological polar surface area (TPSA) is 109 Å². The predicted octanol–water partition coefficient (Wildman–Crippen LogP) is 2.30. The molecule has 0 saturated heterocycles. The number of aromatic amines is 1. The lowest BCUT2D eigenvalue weighted by atomic mass is 10.2. The van der Waals surface area contributed by atoms with Crippen molar-refractivity contribution in [2.24, 2.45) is 0 Å². The summed E-state index contributed by atoms with van der Waals surface area (Å²) in [6.45, 7) is 1.59. The molecule has 1 atom stereocenters. The third-order valence-electron chi connectivity index (χ3n) is 3.57. The number of nitrogens with one attached hydrogen (secondary N) is 3. The fraction of sp³-hybridized carbons (Fsp3) is 0.176. The van der Waals surface area contributed by atoms with E-state index in [0.29, 0.717) is 16.5 Å². The van der Waals surface area contributed by atoms with Gasteiger partial charge < -0.3 is 10.1 Å². The maximum Gasteiger partial charge on any atom is 0.261 e. The Morgan fingerprint density at radius 1 is 1.23 bits per heavy atom. The molecule has 0 bridgehead atoms. The molecule has 2 amide bonds. The van der Waals surface area contributed by atoms with Crippen LogP contribution in [0.5, 0.6) is 5.75 Å². The number of amides is 2. The molecule has 2 aromatic heterocycles. The quantitative estimate of drug-likeness (QED) is 0.616. The highest BCUT2D eigenvalue weighted by Crippen LogP contribution is 2.27. The van der Waals surface area contributed by atoms with Gasteiger partial charge in [0.05, 0.1) is 17.6 Å². The Morgan fingerprint density at radius 2 is 2.04 bits per heavy atom. The van der Waals surface area contributed by atoms with Crippen molar-refractivity contribution in [3.8, 4) is 17.1 Å². The molecule has 0 saturated carbocycles. The van der Waals surface area contributed by atoms with Gasteiger partial charge in [0, 0.05) is 0 Å². The normalized spacial score (nSPS) is 11.6. The molecule has 0 spiro atoms. The van der Waals surface area contributed by atoms with Crippen LogP contribution < -0.4 is 15.4 Å². The summed E-state index contributed by atoms with van der Waals surface area (Å²) in [5, 5.41) is 13.8. The summed E-state index contributed by atoms with van der Waals surface area (Å²) in [6, 6.07) is 10.1. The molecule has 9 heteroatoms. The average Bonchev–Trinajstić information content (AvgIpc) is 3.33. The number of carbonyl (C=O) groups is 2. The Bertz CT molecular complexity index is 907. The van der Waals surface area contributed by atoms with E-state index in [-0.39, 0.29) is 11.9 Å². The first-order chi connectivity index (χ1) is 12.6. The Hall–Kier alpha value is -3.20. The Morgan fingerprint density at radius 3 is 2.77 bits per heavy atom. The molecule has 3 rings (SSSR count). The van der Waals surface area contributed by atoms with Crippen molar-refractivity contribution >= 4 is 29.1 Å². The first-order valence-electron chi connectivity index (χ1n) is 7.79. The number of thiophene rings is 1. The SMILES string of the molecule is COc1ccccc1-c1nc(NC(=O)C(C)NC(=O)c2cccs2)n[nH]1. The van der Waals surface area contributed by atoms with Gasteiger partial charge in [0.1, 0.15) is 11.8 Å². The van der Waals surface area contributed by atoms with E-state index in [0.717, 1.165) is 5.56 Å². The van der Waals surface area contributed by atoms with Gasteiger partial charge in [-0.15, -0.1) is 16.4 Å². The van der Waals surface area contributed by atoms with Crippen molar-refractivity contribution < 1.29 is 14.3 Å². The van der Waals surface area contributed by atoms with Crippen LogP contribution in [0.4, 0.5) is 5.95 Å². The number of benzene rings is 1. The van der Waals surface area contributed by atoms with Gasteiger partial charge in [0.25, 0.3) is 5.91 Å². The molecule has 0 aliphatic rings. The molecule has 2 heterocycles. The number of H-pyrrole nitrogens is 1. The van der Waals surface area contributed by atoms with Gasteiger partial charge in [-0.3, -0.25) is 20.0 Å². The van der Waals surface area contributed by atoms with Crippen LogP contribution in [-0.2, 0) is 4.79 Å². The van der Waals surface area contributed by atoms with Crippen LogP contribution in [0.3, 0.4) is 0 Å². The highest BCUT2D eigenvalue weighted by Gasteiger charge is 2.19. The van der Waals surface area contributed by atoms with Gasteiger partial charge >= 0.3 is 0 Å². The van der Waals surface area contributed by atoms with Crippen LogP contribution >= 0.6 is 11.3 Å². The van der Waals surface area contributed by atoms with Crippen LogP contribution in [0.2, 0.25) is 0 Å². The summed E-state index contributed by atoms with van der Waals surface area (Å²) in [6.07, 6.45) is 0. The van der Waals surface area contributed by atoms with Crippen molar-refractivity contribution in [3.05, 3.63) is 46.7 Å². The lowest BCUT2D eigenvalue weighted by molar-refractivity contribution is -0.117. The molecule has 0 aliphatic heterocycles. The molecule has 0 fully saturated rings. The lowest BCUT2D eigenvalue weighted by Crippen LogP contribution is -2.41. The number of hydrogen-bond donors (Lipinski definition) is 3. The highest BCUT2D eigenvalue weighted by molar-refractivity contribution is 7.12. The lowest BCUT2D eigenvalue weighted by Gasteiger charge is -2.11. The van der Waals surface area contributed by atoms with E-state index in [4.69, 9.17) is 4.74 Å². The zero-order valence-electron chi connectivity index (χ0n) is 14.1. The van der Waals surface area contributed by atoms with E-state index in [1.54, 1.807) is 37.6 Å². The monoisotopic (exact) mass is 371 g/mol. The number of anilines is 1. The molecule has 0 radical (unpaired) electrons. The molecule has 134 valence electrons. The number of hydrogen-bond acceptors (Lipinski definition) is 6. The standard InChI is InChI=1S/C17H17N5O3S/c1-10(18-16(24)13-8-5-9-26-13)15(23)20-17-19-14(21-22-17)11-6-3-4-7-12(11)25-2/h3-10H,1-2H3,(H,18,24)(H2,19,20,21,22,23). The zero-order chi connectivity index (χ0) is 18.5. The molecule has 0 aliphatic carbocycles. The minimum Gasteiger partial charge on any atom is -0.496 e. The number of carbonyl (C=O) groups excluding carboxylic acids is 2. The van der Waals surface area contributed by atoms with Crippen LogP contribution in [0.1, 0.15) is 16.6 Å². The summed E-state index contributed by atoms with van der Waals surface area (Å²) in [7, 11) is 1.57. The molecule has 1 unspecified atom stereocenters. The van der Waals surface area contributed by atoms with Gasteiger partial charge in [-0.2, -0.15) is 4.98 Å². The Balaban J connectivity index is 1.65. The highest BCUT2D eigenvalue weighted by atomic mass is 32.1. The van der Waals surface area contributed by atoms with Crippen LogP contribution in [0.15, 0.2) is 41.8 Å². The number of methoxy groups -OCH3 is 1. The number of nitrogens with zero attached hydrogens (tertiary/aromatic N) is 2. The second kappa shape index (κ2) is 7.79. The third kappa shape index (κ3) is 3.89. The third-order valence-corrected chi connectivity index (χ3v) is 4.44. The van der Waals surface area contributed by atoms with Crippen LogP contribution in [0.25, 0.3) is 11.4 Å². The minimum absolute atomic E-state index is 0.119. The average molecular weight is 371 g/mol. The second-order valence-electron chi connectivity index (χ2n) is 5.37. The van der Waals surface area contributed by atoms with Gasteiger partial charge in [-0.25, -0.2) is 0 Å². The van der Waals surface area contributed by atoms with Crippen molar-refractivity contribution in [1.29, 1.82) is 0 Å². The summed E-state index contributed by atoms with van der Waals surface area (Å²) in [5.74, 6) is 0.507. The second-order valence-corrected chi connectivity index (χ2v) is 6.32. The maximum atomic E-state index is 12.2. The van der Waals surface area contributed by atoms with Crippen molar-refractivity contribution in [2.45, 2.75) is 13.0 Å². The fourth-order valence-corrected chi connectivity index (χ4v) is 2.86. The molecule has 3 N–H and O–H groups in total. The predicted molar refractivity (Wildman–Crippen MR) is 98.2 cm³/mol. The summed E-state index contributed by atoms with van der Waals surface area (Å²) in [5.41, 5.74) is 0.724. The van der Waals surface area contributed by atoms with Gasteiger partial charge in [-0.1, -0.05) is 18.2 Å². The number of aromatic nitrogens is 3. The van der Waals surface area contributed by atoms with Gasteiger partial charge in [0.15, 0.2) is 5.82 Å². The number of para-hydroxylation sites is 1. The van der Waals surface area contributed by atoms with Crippen molar-refractivity contribution in [3.63, 3.8) is 0 Å². The van der Waals surface area contributed by atoms with Crippen molar-refractivity contribution in [2.75, 3.05) is 12.4 Å². The number of rotatable bonds is 6. The summed E-state index contributed by atoms with van der Waals surface area (Å²) in [4.78, 5) is 29.0. The van der Waals surface area contributed by atoms with E-state index in [9.17, 15) is 9.59 Å². The maximum absolute atomic E-state index is 12.2. The first-order valence-corrected chi connectivity index (χ1v) is 8.67. The van der Waals surface area contributed by atoms with E-state index in [2.05, 4.69) is 25.8 Å². The van der Waals surface area contributed by atoms with E-state index in [1.165, 1.54) is 11.3 Å². The summed E-state index contributed by atoms with van der Waals surface area (Å²) >= 11 is 1.31. The smallest absolute Gasteiger partial charge is 0.261 e. The summed E-state index contributed by atoms with van der Waals surface area (Å²) < 4.78 is 5.29. The molecular formula is C17H17N5O3S. The molecule has 26 heavy (non-hydrogen) atoms. The number of ether oxygens (including phenoxy) is 1. The van der Waals surface area contributed by atoms with Gasteiger partial charge in [-0.05, 0) is 30.5 Å².